The van der Waals surface area contributed by atoms with Crippen molar-refractivity contribution in [2.75, 3.05) is 0 Å². The molecule has 2 heterocycles. The molecule has 4 rings (SSSR count). The molecule has 0 aliphatic heterocycles. The fourth-order valence-corrected chi connectivity index (χ4v) is 4.76. The second-order valence-electron chi connectivity index (χ2n) is 6.19. The van der Waals surface area contributed by atoms with Gasteiger partial charge in [-0.05, 0) is 35.4 Å². The van der Waals surface area contributed by atoms with Crippen LogP contribution in [0.1, 0.15) is 11.1 Å². The van der Waals surface area contributed by atoms with E-state index in [1.807, 2.05) is 17.5 Å². The van der Waals surface area contributed by atoms with E-state index in [4.69, 9.17) is 5.26 Å². The van der Waals surface area contributed by atoms with Crippen LogP contribution in [0.2, 0.25) is 0 Å². The summed E-state index contributed by atoms with van der Waals surface area (Å²) in [5.74, 6) is 0.337. The average molecular weight is 407 g/mol. The lowest BCUT2D eigenvalue weighted by molar-refractivity contribution is 0.628. The van der Waals surface area contributed by atoms with Gasteiger partial charge < -0.3 is 0 Å². The zero-order chi connectivity index (χ0) is 19.7. The molecule has 0 saturated carbocycles. The van der Waals surface area contributed by atoms with Crippen molar-refractivity contribution < 1.29 is 4.39 Å². The Labute approximate surface area is 168 Å². The highest BCUT2D eigenvalue weighted by atomic mass is 32.2. The van der Waals surface area contributed by atoms with Crippen molar-refractivity contribution in [2.45, 2.75) is 10.9 Å². The van der Waals surface area contributed by atoms with E-state index < -0.39 is 0 Å². The third-order valence-corrected chi connectivity index (χ3v) is 6.35. The molecule has 4 aromatic rings. The Morgan fingerprint density at radius 1 is 1.18 bits per heavy atom. The summed E-state index contributed by atoms with van der Waals surface area (Å²) >= 11 is 2.88. The van der Waals surface area contributed by atoms with E-state index in [0.717, 1.165) is 16.7 Å². The number of thiophene rings is 1. The van der Waals surface area contributed by atoms with Crippen molar-refractivity contribution in [1.82, 2.24) is 9.55 Å². The lowest BCUT2D eigenvalue weighted by Crippen LogP contribution is -2.19. The van der Waals surface area contributed by atoms with E-state index in [1.165, 1.54) is 35.2 Å². The zero-order valence-corrected chi connectivity index (χ0v) is 16.5. The highest BCUT2D eigenvalue weighted by molar-refractivity contribution is 7.98. The normalized spacial score (nSPS) is 10.9. The maximum absolute atomic E-state index is 13.2. The molecule has 0 aliphatic carbocycles. The number of hydrogen-bond donors (Lipinski definition) is 0. The molecule has 2 aromatic carbocycles. The van der Waals surface area contributed by atoms with Crippen LogP contribution in [0, 0.1) is 17.1 Å². The molecule has 0 saturated heterocycles. The molecule has 138 valence electrons. The van der Waals surface area contributed by atoms with Crippen molar-refractivity contribution in [3.8, 4) is 17.2 Å². The molecule has 0 amide bonds. The van der Waals surface area contributed by atoms with Crippen LogP contribution in [0.3, 0.4) is 0 Å². The van der Waals surface area contributed by atoms with Crippen molar-refractivity contribution in [1.29, 1.82) is 5.26 Å². The quantitative estimate of drug-likeness (QED) is 0.354. The molecule has 0 spiro atoms. The van der Waals surface area contributed by atoms with Gasteiger partial charge in [0, 0.05) is 23.7 Å². The monoisotopic (exact) mass is 407 g/mol. The molecule has 0 unspecified atom stereocenters. The molecule has 2 aromatic heterocycles. The minimum absolute atomic E-state index is 0.118. The minimum atomic E-state index is -0.309. The molecule has 7 heteroatoms. The van der Waals surface area contributed by atoms with Crippen molar-refractivity contribution in [3.05, 3.63) is 81.2 Å². The Morgan fingerprint density at radius 3 is 2.57 bits per heavy atom. The van der Waals surface area contributed by atoms with E-state index in [9.17, 15) is 9.18 Å². The van der Waals surface area contributed by atoms with E-state index >= 15 is 0 Å². The van der Waals surface area contributed by atoms with Crippen LogP contribution < -0.4 is 5.56 Å². The van der Waals surface area contributed by atoms with Gasteiger partial charge in [-0.3, -0.25) is 9.36 Å². The summed E-state index contributed by atoms with van der Waals surface area (Å²) in [5, 5.41) is 12.0. The Kier molecular flexibility index (Phi) is 4.99. The summed E-state index contributed by atoms with van der Waals surface area (Å²) in [6, 6.07) is 15.6. The lowest BCUT2D eigenvalue weighted by atomic mass is 10.1. The second kappa shape index (κ2) is 7.58. The number of halogens is 1. The van der Waals surface area contributed by atoms with Crippen LogP contribution in [-0.4, -0.2) is 9.55 Å². The smallest absolute Gasteiger partial charge is 0.263 e. The zero-order valence-electron chi connectivity index (χ0n) is 14.8. The maximum atomic E-state index is 13.2. The summed E-state index contributed by atoms with van der Waals surface area (Å²) in [6.45, 7) is 0. The summed E-state index contributed by atoms with van der Waals surface area (Å²) in [5.41, 5.74) is 3.12. The first-order valence-electron chi connectivity index (χ1n) is 8.43. The van der Waals surface area contributed by atoms with Gasteiger partial charge >= 0.3 is 0 Å². The van der Waals surface area contributed by atoms with Gasteiger partial charge in [0.1, 0.15) is 10.6 Å². The number of fused-ring (bicyclic) bond motifs is 1. The molecule has 0 fully saturated rings. The first-order valence-corrected chi connectivity index (χ1v) is 10.3. The fourth-order valence-electron chi connectivity index (χ4n) is 2.85. The predicted octanol–water partition coefficient (Wildman–Crippen LogP) is 4.97. The number of hydrogen-bond acceptors (Lipinski definition) is 5. The highest BCUT2D eigenvalue weighted by Crippen LogP contribution is 2.32. The lowest BCUT2D eigenvalue weighted by Gasteiger charge is -2.08. The molecule has 28 heavy (non-hydrogen) atoms. The van der Waals surface area contributed by atoms with Crippen molar-refractivity contribution in [3.63, 3.8) is 0 Å². The number of aromatic nitrogens is 2. The van der Waals surface area contributed by atoms with Gasteiger partial charge in [0.25, 0.3) is 5.56 Å². The SMILES string of the molecule is Cn1c(SCc2ccc(C#N)cc2)nc2scc(-c3ccc(F)cc3)c2c1=O. The van der Waals surface area contributed by atoms with Crippen LogP contribution in [0.4, 0.5) is 4.39 Å². The summed E-state index contributed by atoms with van der Waals surface area (Å²) in [7, 11) is 1.71. The number of rotatable bonds is 4. The molecule has 0 atom stereocenters. The number of nitriles is 1. The Hall–Kier alpha value is -2.95. The number of thioether (sulfide) groups is 1. The van der Waals surface area contributed by atoms with Gasteiger partial charge in [-0.2, -0.15) is 5.26 Å². The third-order valence-electron chi connectivity index (χ3n) is 4.38. The first kappa shape index (κ1) is 18.4. The number of nitrogens with zero attached hydrogens (tertiary/aromatic N) is 3. The summed E-state index contributed by atoms with van der Waals surface area (Å²) in [6.07, 6.45) is 0. The first-order chi connectivity index (χ1) is 13.6. The maximum Gasteiger partial charge on any atom is 0.263 e. The van der Waals surface area contributed by atoms with Crippen LogP contribution in [-0.2, 0) is 12.8 Å². The summed E-state index contributed by atoms with van der Waals surface area (Å²) < 4.78 is 14.8. The number of benzene rings is 2. The largest absolute Gasteiger partial charge is 0.290 e. The van der Waals surface area contributed by atoms with E-state index in [-0.39, 0.29) is 11.4 Å². The molecular weight excluding hydrogens is 393 g/mol. The van der Waals surface area contributed by atoms with Crippen LogP contribution in [0.5, 0.6) is 0 Å². The Morgan fingerprint density at radius 2 is 1.89 bits per heavy atom. The van der Waals surface area contributed by atoms with Gasteiger partial charge in [-0.1, -0.05) is 36.0 Å². The van der Waals surface area contributed by atoms with E-state index in [2.05, 4.69) is 11.1 Å². The minimum Gasteiger partial charge on any atom is -0.290 e. The van der Waals surface area contributed by atoms with Crippen LogP contribution >= 0.6 is 23.1 Å². The van der Waals surface area contributed by atoms with Crippen LogP contribution in [0.25, 0.3) is 21.3 Å². The molecule has 0 radical (unpaired) electrons. The Bertz CT molecular complexity index is 1250. The average Bonchev–Trinajstić information content (AvgIpc) is 3.14. The molecule has 0 bridgehead atoms. The fraction of sp³-hybridized carbons (Fsp3) is 0.0952. The molecule has 0 N–H and O–H groups in total. The standard InChI is InChI=1S/C21H14FN3OS2/c1-25-20(26)18-17(15-6-8-16(22)9-7-15)12-27-19(18)24-21(25)28-11-14-4-2-13(10-23)3-5-14/h2-9,12H,11H2,1H3. The second-order valence-corrected chi connectivity index (χ2v) is 7.99. The van der Waals surface area contributed by atoms with E-state index in [1.54, 1.807) is 35.9 Å². The molecular formula is C21H14FN3OS2. The topological polar surface area (TPSA) is 58.7 Å². The van der Waals surface area contributed by atoms with Crippen molar-refractivity contribution >= 4 is 33.3 Å². The van der Waals surface area contributed by atoms with E-state index in [0.29, 0.717) is 26.7 Å². The van der Waals surface area contributed by atoms with Gasteiger partial charge in [-0.25, -0.2) is 9.37 Å². The van der Waals surface area contributed by atoms with Crippen LogP contribution in [0.15, 0.2) is 63.9 Å². The highest BCUT2D eigenvalue weighted by Gasteiger charge is 2.16. The summed E-state index contributed by atoms with van der Waals surface area (Å²) in [4.78, 5) is 18.3. The van der Waals surface area contributed by atoms with Gasteiger partial charge in [-0.15, -0.1) is 11.3 Å². The third kappa shape index (κ3) is 3.44. The predicted molar refractivity (Wildman–Crippen MR) is 111 cm³/mol. The molecule has 4 nitrogen and oxygen atoms in total. The van der Waals surface area contributed by atoms with Gasteiger partial charge in [0.2, 0.25) is 0 Å². The van der Waals surface area contributed by atoms with Gasteiger partial charge in [0.05, 0.1) is 17.0 Å². The van der Waals surface area contributed by atoms with Crippen molar-refractivity contribution in [2.24, 2.45) is 7.05 Å². The Balaban J connectivity index is 1.67. The van der Waals surface area contributed by atoms with Gasteiger partial charge in [0.15, 0.2) is 5.16 Å². The molecule has 0 aliphatic rings.